The maximum Gasteiger partial charge on any atom is 0.490 e. The number of benzene rings is 1. The third kappa shape index (κ3) is 10.8. The van der Waals surface area contributed by atoms with E-state index in [0.717, 1.165) is 57.4 Å². The van der Waals surface area contributed by atoms with E-state index in [4.69, 9.17) is 29.5 Å². The molecule has 1 amide bonds. The zero-order valence-electron chi connectivity index (χ0n) is 23.0. The molecule has 2 aromatic heterocycles. The standard InChI is InChI=1S/C22H26N4O2S2.2C2HF3O2/c1-3-14-5-4-6-16-20(14)26-22(29-16)19-15-7-9-24-13-17(15)30-21(19)25-18(27)8-10-23-11-12-28-2;2*3-2(4,5)1(6)7/h3-6,23-24H,1,7-13H2,2H3,(H,25,27);2*(H,6,7). The zero-order chi connectivity index (χ0) is 33.1. The molecule has 0 spiro atoms. The lowest BCUT2D eigenvalue weighted by atomic mass is 10.0. The Kier molecular flexibility index (Phi) is 13.7. The van der Waals surface area contributed by atoms with Crippen molar-refractivity contribution in [1.29, 1.82) is 0 Å². The first-order chi connectivity index (χ1) is 20.6. The van der Waals surface area contributed by atoms with Crippen LogP contribution in [0.1, 0.15) is 22.4 Å². The summed E-state index contributed by atoms with van der Waals surface area (Å²) in [6.07, 6.45) is -6.96. The van der Waals surface area contributed by atoms with Gasteiger partial charge < -0.3 is 30.9 Å². The molecule has 4 rings (SSSR count). The molecule has 1 aromatic carbocycles. The number of halogens is 6. The number of ether oxygens (including phenoxy) is 1. The molecule has 0 bridgehead atoms. The van der Waals surface area contributed by atoms with Gasteiger partial charge in [0.15, 0.2) is 0 Å². The lowest BCUT2D eigenvalue weighted by Gasteiger charge is -2.13. The van der Waals surface area contributed by atoms with Gasteiger partial charge in [0.1, 0.15) is 10.0 Å². The summed E-state index contributed by atoms with van der Waals surface area (Å²) in [4.78, 5) is 36.6. The Balaban J connectivity index is 0.000000402. The highest BCUT2D eigenvalue weighted by Gasteiger charge is 2.38. The normalized spacial score (nSPS) is 12.7. The highest BCUT2D eigenvalue weighted by molar-refractivity contribution is 7.23. The van der Waals surface area contributed by atoms with Crippen molar-refractivity contribution < 1.29 is 55.7 Å². The first-order valence-electron chi connectivity index (χ1n) is 12.6. The van der Waals surface area contributed by atoms with Gasteiger partial charge in [-0.15, -0.1) is 22.7 Å². The van der Waals surface area contributed by atoms with Crippen LogP contribution in [0.25, 0.3) is 26.9 Å². The number of carbonyl (C=O) groups is 3. The van der Waals surface area contributed by atoms with E-state index in [9.17, 15) is 31.1 Å². The van der Waals surface area contributed by atoms with Crippen molar-refractivity contribution in [3.8, 4) is 10.6 Å². The van der Waals surface area contributed by atoms with Crippen LogP contribution in [0, 0.1) is 0 Å². The predicted molar refractivity (Wildman–Crippen MR) is 154 cm³/mol. The number of para-hydroxylation sites is 1. The lowest BCUT2D eigenvalue weighted by molar-refractivity contribution is -0.193. The van der Waals surface area contributed by atoms with Crippen LogP contribution in [0.5, 0.6) is 0 Å². The van der Waals surface area contributed by atoms with E-state index in [1.807, 2.05) is 18.2 Å². The van der Waals surface area contributed by atoms with Gasteiger partial charge in [-0.25, -0.2) is 14.6 Å². The third-order valence-electron chi connectivity index (χ3n) is 5.56. The molecule has 10 nitrogen and oxygen atoms in total. The number of nitrogens with zero attached hydrogens (tertiary/aromatic N) is 1. The summed E-state index contributed by atoms with van der Waals surface area (Å²) >= 11 is 3.34. The molecule has 0 fully saturated rings. The van der Waals surface area contributed by atoms with E-state index in [2.05, 4.69) is 28.6 Å². The van der Waals surface area contributed by atoms with Gasteiger partial charge in [-0.05, 0) is 24.6 Å². The van der Waals surface area contributed by atoms with Crippen LogP contribution in [-0.4, -0.2) is 78.7 Å². The number of thiazole rings is 1. The van der Waals surface area contributed by atoms with E-state index >= 15 is 0 Å². The number of carboxylic acid groups (broad SMARTS) is 2. The van der Waals surface area contributed by atoms with E-state index in [1.54, 1.807) is 29.8 Å². The SMILES string of the molecule is C=Cc1cccc2sc(-c3c(NC(=O)CCNCCOC)sc4c3CCNC4)nc12.O=C(O)C(F)(F)F.O=C(O)C(F)(F)F. The number of alkyl halides is 6. The second kappa shape index (κ2) is 16.5. The van der Waals surface area contributed by atoms with Gasteiger partial charge in [0.25, 0.3) is 0 Å². The fourth-order valence-electron chi connectivity index (χ4n) is 3.58. The molecule has 0 radical (unpaired) electrons. The van der Waals surface area contributed by atoms with Gasteiger partial charge in [0, 0.05) is 49.2 Å². The largest absolute Gasteiger partial charge is 0.490 e. The van der Waals surface area contributed by atoms with E-state index in [-0.39, 0.29) is 5.91 Å². The summed E-state index contributed by atoms with van der Waals surface area (Å²) in [5.74, 6) is -5.50. The van der Waals surface area contributed by atoms with Crippen LogP contribution in [0.2, 0.25) is 0 Å². The molecule has 0 saturated carbocycles. The average molecular weight is 671 g/mol. The smallest absolute Gasteiger partial charge is 0.475 e. The summed E-state index contributed by atoms with van der Waals surface area (Å²) in [5.41, 5.74) is 4.41. The molecule has 0 aliphatic carbocycles. The van der Waals surface area contributed by atoms with Crippen molar-refractivity contribution in [2.45, 2.75) is 31.7 Å². The minimum Gasteiger partial charge on any atom is -0.475 e. The Labute approximate surface area is 254 Å². The average Bonchev–Trinajstić information content (AvgIpc) is 3.53. The monoisotopic (exact) mass is 670 g/mol. The molecule has 44 heavy (non-hydrogen) atoms. The Hall–Kier alpha value is -3.58. The summed E-state index contributed by atoms with van der Waals surface area (Å²) < 4.78 is 69.6. The Morgan fingerprint density at radius 3 is 2.30 bits per heavy atom. The first kappa shape index (κ1) is 36.6. The molecule has 0 atom stereocenters. The Morgan fingerprint density at radius 1 is 1.09 bits per heavy atom. The molecular weight excluding hydrogens is 642 g/mol. The number of rotatable bonds is 9. The maximum atomic E-state index is 12.6. The quantitative estimate of drug-likeness (QED) is 0.154. The van der Waals surface area contributed by atoms with Crippen LogP contribution in [0.4, 0.5) is 31.3 Å². The van der Waals surface area contributed by atoms with Gasteiger partial charge in [-0.1, -0.05) is 24.8 Å². The second-order valence-electron chi connectivity index (χ2n) is 8.70. The molecule has 0 unspecified atom stereocenters. The number of nitrogens with one attached hydrogen (secondary N) is 3. The van der Waals surface area contributed by atoms with Crippen LogP contribution in [0.3, 0.4) is 0 Å². The molecule has 5 N–H and O–H groups in total. The molecule has 242 valence electrons. The van der Waals surface area contributed by atoms with E-state index < -0.39 is 24.3 Å². The van der Waals surface area contributed by atoms with E-state index in [0.29, 0.717) is 19.6 Å². The van der Waals surface area contributed by atoms with E-state index in [1.165, 1.54) is 10.4 Å². The Bertz CT molecular complexity index is 1430. The summed E-state index contributed by atoms with van der Waals surface area (Å²) in [5, 5.41) is 25.9. The minimum absolute atomic E-state index is 0.0145. The van der Waals surface area contributed by atoms with Gasteiger partial charge in [0.2, 0.25) is 5.91 Å². The summed E-state index contributed by atoms with van der Waals surface area (Å²) in [7, 11) is 1.67. The van der Waals surface area contributed by atoms with Crippen LogP contribution < -0.4 is 16.0 Å². The van der Waals surface area contributed by atoms with Gasteiger partial charge in [-0.2, -0.15) is 26.3 Å². The number of amides is 1. The van der Waals surface area contributed by atoms with Crippen molar-refractivity contribution in [2.75, 3.05) is 38.7 Å². The maximum absolute atomic E-state index is 12.6. The van der Waals surface area contributed by atoms with Crippen molar-refractivity contribution >= 4 is 61.8 Å². The molecule has 18 heteroatoms. The molecule has 1 aliphatic heterocycles. The molecular formula is C26H28F6N4O6S2. The number of carbonyl (C=O) groups excluding carboxylic acids is 1. The number of aliphatic carboxylic acids is 2. The first-order valence-corrected chi connectivity index (χ1v) is 14.2. The third-order valence-corrected chi connectivity index (χ3v) is 7.75. The van der Waals surface area contributed by atoms with Gasteiger partial charge >= 0.3 is 24.3 Å². The topological polar surface area (TPSA) is 150 Å². The number of carboxylic acids is 2. The Morgan fingerprint density at radius 2 is 1.73 bits per heavy atom. The zero-order valence-corrected chi connectivity index (χ0v) is 24.7. The van der Waals surface area contributed by atoms with Crippen molar-refractivity contribution in [1.82, 2.24) is 15.6 Å². The van der Waals surface area contributed by atoms with Crippen LogP contribution in [0.15, 0.2) is 24.8 Å². The van der Waals surface area contributed by atoms with Crippen molar-refractivity contribution in [3.63, 3.8) is 0 Å². The number of methoxy groups -OCH3 is 1. The highest BCUT2D eigenvalue weighted by atomic mass is 32.1. The molecule has 3 heterocycles. The number of hydrogen-bond donors (Lipinski definition) is 5. The molecule has 3 aromatic rings. The lowest BCUT2D eigenvalue weighted by Crippen LogP contribution is -2.24. The van der Waals surface area contributed by atoms with Crippen LogP contribution >= 0.6 is 22.7 Å². The van der Waals surface area contributed by atoms with Crippen LogP contribution in [-0.2, 0) is 32.1 Å². The molecule has 0 saturated heterocycles. The molecule has 1 aliphatic rings. The van der Waals surface area contributed by atoms with Gasteiger partial charge in [-0.3, -0.25) is 4.79 Å². The number of aromatic nitrogens is 1. The minimum atomic E-state index is -5.08. The number of fused-ring (bicyclic) bond motifs is 2. The summed E-state index contributed by atoms with van der Waals surface area (Å²) in [6, 6.07) is 6.16. The second-order valence-corrected chi connectivity index (χ2v) is 10.8. The highest BCUT2D eigenvalue weighted by Crippen LogP contribution is 2.45. The van der Waals surface area contributed by atoms with Gasteiger partial charge in [0.05, 0.1) is 16.8 Å². The predicted octanol–water partition coefficient (Wildman–Crippen LogP) is 5.14. The number of hydrogen-bond acceptors (Lipinski definition) is 9. The number of thiophene rings is 1. The fraction of sp³-hybridized carbons (Fsp3) is 0.385. The fourth-order valence-corrected chi connectivity index (χ4v) is 5.96. The van der Waals surface area contributed by atoms with Crippen molar-refractivity contribution in [3.05, 3.63) is 40.8 Å². The van der Waals surface area contributed by atoms with Crippen molar-refractivity contribution in [2.24, 2.45) is 0 Å². The summed E-state index contributed by atoms with van der Waals surface area (Å²) in [6.45, 7) is 7.70. The number of anilines is 1.